The Morgan fingerprint density at radius 2 is 2.42 bits per heavy atom. The molecule has 2 amide bonds. The summed E-state index contributed by atoms with van der Waals surface area (Å²) < 4.78 is 0. The number of aromatic hydroxyl groups is 1. The van der Waals surface area contributed by atoms with E-state index in [9.17, 15) is 9.90 Å². The van der Waals surface area contributed by atoms with Crippen molar-refractivity contribution in [3.05, 3.63) is 24.3 Å². The molecule has 0 saturated carbocycles. The molecular weight excluding hydrogens is 156 g/mol. The second-order valence-electron chi connectivity index (χ2n) is 2.15. The number of phenolic OH excluding ortho intramolecular Hbond substituents is 1. The molecule has 63 valence electrons. The molecule has 12 heavy (non-hydrogen) atoms. The monoisotopic (exact) mass is 165 g/mol. The van der Waals surface area contributed by atoms with Crippen molar-refractivity contribution in [3.8, 4) is 5.75 Å². The highest BCUT2D eigenvalue weighted by atomic mass is 16.3. The first-order valence-electron chi connectivity index (χ1n) is 3.42. The quantitative estimate of drug-likeness (QED) is 0.542. The first kappa shape index (κ1) is 8.39. The molecule has 3 N–H and O–H groups in total. The second kappa shape index (κ2) is 3.61. The topological polar surface area (TPSA) is 61.4 Å². The Morgan fingerprint density at radius 1 is 1.67 bits per heavy atom. The fourth-order valence-corrected chi connectivity index (χ4v) is 0.712. The van der Waals surface area contributed by atoms with Crippen LogP contribution in [0.25, 0.3) is 0 Å². The summed E-state index contributed by atoms with van der Waals surface area (Å²) in [7, 11) is 1.50. The van der Waals surface area contributed by atoms with Crippen LogP contribution in [0.4, 0.5) is 10.5 Å². The maximum absolute atomic E-state index is 10.8. The van der Waals surface area contributed by atoms with Gasteiger partial charge in [-0.05, 0) is 18.2 Å². The third kappa shape index (κ3) is 1.88. The van der Waals surface area contributed by atoms with E-state index in [0.717, 1.165) is 0 Å². The minimum atomic E-state index is -0.364. The van der Waals surface area contributed by atoms with E-state index in [2.05, 4.69) is 16.7 Å². The number of nitrogens with one attached hydrogen (secondary N) is 2. The van der Waals surface area contributed by atoms with E-state index in [-0.39, 0.29) is 11.8 Å². The zero-order valence-corrected chi connectivity index (χ0v) is 6.59. The van der Waals surface area contributed by atoms with Crippen molar-refractivity contribution in [2.45, 2.75) is 0 Å². The van der Waals surface area contributed by atoms with Crippen molar-refractivity contribution in [1.82, 2.24) is 5.32 Å². The summed E-state index contributed by atoms with van der Waals surface area (Å²) in [6.07, 6.45) is 0. The number of urea groups is 1. The van der Waals surface area contributed by atoms with Gasteiger partial charge in [-0.3, -0.25) is 0 Å². The molecule has 1 aromatic carbocycles. The van der Waals surface area contributed by atoms with Crippen molar-refractivity contribution in [1.29, 1.82) is 0 Å². The SMILES string of the molecule is CNC(=O)Nc1cc[c]cc1O. The molecule has 0 fully saturated rings. The Hall–Kier alpha value is -1.71. The number of amides is 2. The van der Waals surface area contributed by atoms with Crippen LogP contribution in [0.5, 0.6) is 5.75 Å². The van der Waals surface area contributed by atoms with Gasteiger partial charge in [0.15, 0.2) is 0 Å². The molecule has 0 saturated heterocycles. The molecule has 0 bridgehead atoms. The largest absolute Gasteiger partial charge is 0.506 e. The molecule has 0 aromatic heterocycles. The molecule has 0 unspecified atom stereocenters. The average molecular weight is 165 g/mol. The maximum Gasteiger partial charge on any atom is 0.319 e. The van der Waals surface area contributed by atoms with Crippen molar-refractivity contribution < 1.29 is 9.90 Å². The first-order valence-corrected chi connectivity index (χ1v) is 3.42. The number of benzene rings is 1. The zero-order valence-electron chi connectivity index (χ0n) is 6.59. The van der Waals surface area contributed by atoms with Gasteiger partial charge < -0.3 is 15.7 Å². The van der Waals surface area contributed by atoms with E-state index < -0.39 is 0 Å². The normalized spacial score (nSPS) is 9.08. The summed E-state index contributed by atoms with van der Waals surface area (Å²) in [5.74, 6) is 0.00102. The summed E-state index contributed by atoms with van der Waals surface area (Å²) in [4.78, 5) is 10.8. The van der Waals surface area contributed by atoms with Crippen LogP contribution >= 0.6 is 0 Å². The van der Waals surface area contributed by atoms with Gasteiger partial charge in [0, 0.05) is 7.05 Å². The summed E-state index contributed by atoms with van der Waals surface area (Å²) in [5.41, 5.74) is 0.369. The van der Waals surface area contributed by atoms with Crippen LogP contribution in [0.1, 0.15) is 0 Å². The lowest BCUT2D eigenvalue weighted by atomic mass is 10.3. The average Bonchev–Trinajstić information content (AvgIpc) is 2.09. The molecule has 1 radical (unpaired) electrons. The van der Waals surface area contributed by atoms with Crippen molar-refractivity contribution in [2.24, 2.45) is 0 Å². The highest BCUT2D eigenvalue weighted by Crippen LogP contribution is 2.20. The van der Waals surface area contributed by atoms with Gasteiger partial charge in [0.05, 0.1) is 5.69 Å². The van der Waals surface area contributed by atoms with Crippen LogP contribution in [-0.4, -0.2) is 18.2 Å². The third-order valence-electron chi connectivity index (χ3n) is 1.32. The fraction of sp³-hybridized carbons (Fsp3) is 0.125. The fourth-order valence-electron chi connectivity index (χ4n) is 0.712. The minimum absolute atomic E-state index is 0.00102. The lowest BCUT2D eigenvalue weighted by molar-refractivity contribution is 0.254. The van der Waals surface area contributed by atoms with Gasteiger partial charge in [-0.1, -0.05) is 6.07 Å². The Labute approximate surface area is 70.2 Å². The highest BCUT2D eigenvalue weighted by Gasteiger charge is 2.01. The number of hydrogen-bond acceptors (Lipinski definition) is 2. The molecule has 4 heteroatoms. The Morgan fingerprint density at radius 3 is 3.00 bits per heavy atom. The van der Waals surface area contributed by atoms with Gasteiger partial charge in [-0.15, -0.1) is 0 Å². The van der Waals surface area contributed by atoms with E-state index in [0.29, 0.717) is 5.69 Å². The van der Waals surface area contributed by atoms with Crippen LogP contribution in [0.3, 0.4) is 0 Å². The number of rotatable bonds is 1. The Bertz CT molecular complexity index is 286. The van der Waals surface area contributed by atoms with E-state index in [1.165, 1.54) is 13.1 Å². The predicted molar refractivity (Wildman–Crippen MR) is 45.0 cm³/mol. The molecule has 0 aliphatic rings. The van der Waals surface area contributed by atoms with Crippen LogP contribution in [-0.2, 0) is 0 Å². The van der Waals surface area contributed by atoms with E-state index in [1.54, 1.807) is 12.1 Å². The van der Waals surface area contributed by atoms with Gasteiger partial charge in [-0.25, -0.2) is 4.79 Å². The summed E-state index contributed by atoms with van der Waals surface area (Å²) in [5, 5.41) is 14.0. The lowest BCUT2D eigenvalue weighted by Gasteiger charge is -2.04. The minimum Gasteiger partial charge on any atom is -0.506 e. The van der Waals surface area contributed by atoms with Gasteiger partial charge >= 0.3 is 6.03 Å². The van der Waals surface area contributed by atoms with E-state index in [4.69, 9.17) is 0 Å². The van der Waals surface area contributed by atoms with Crippen molar-refractivity contribution in [3.63, 3.8) is 0 Å². The van der Waals surface area contributed by atoms with E-state index in [1.807, 2.05) is 0 Å². The van der Waals surface area contributed by atoms with Gasteiger partial charge in [0.25, 0.3) is 0 Å². The molecule has 0 aliphatic carbocycles. The Balaban J connectivity index is 2.75. The second-order valence-corrected chi connectivity index (χ2v) is 2.15. The van der Waals surface area contributed by atoms with Gasteiger partial charge in [0.2, 0.25) is 0 Å². The van der Waals surface area contributed by atoms with Crippen LogP contribution in [0, 0.1) is 6.07 Å². The van der Waals surface area contributed by atoms with Gasteiger partial charge in [0.1, 0.15) is 5.75 Å². The molecule has 4 nitrogen and oxygen atoms in total. The summed E-state index contributed by atoms with van der Waals surface area (Å²) in [6, 6.07) is 6.85. The molecule has 0 heterocycles. The van der Waals surface area contributed by atoms with Crippen LogP contribution in [0.2, 0.25) is 0 Å². The standard InChI is InChI=1S/C8H9N2O2/c1-9-8(12)10-6-4-2-3-5-7(6)11/h2,4-5,11H,1H3,(H2,9,10,12). The van der Waals surface area contributed by atoms with Crippen molar-refractivity contribution >= 4 is 11.7 Å². The van der Waals surface area contributed by atoms with E-state index >= 15 is 0 Å². The number of carbonyl (C=O) groups excluding carboxylic acids is 1. The summed E-state index contributed by atoms with van der Waals surface area (Å²) >= 11 is 0. The predicted octanol–water partition coefficient (Wildman–Crippen LogP) is 0.944. The number of phenols is 1. The molecule has 1 rings (SSSR count). The maximum atomic E-state index is 10.8. The molecule has 0 atom stereocenters. The molecule has 0 spiro atoms. The van der Waals surface area contributed by atoms with Gasteiger partial charge in [-0.2, -0.15) is 0 Å². The molecule has 0 aliphatic heterocycles. The van der Waals surface area contributed by atoms with Crippen LogP contribution < -0.4 is 10.6 Å². The Kier molecular flexibility index (Phi) is 2.53. The smallest absolute Gasteiger partial charge is 0.319 e. The summed E-state index contributed by atoms with van der Waals surface area (Å²) in [6.45, 7) is 0. The van der Waals surface area contributed by atoms with Crippen LogP contribution in [0.15, 0.2) is 18.2 Å². The third-order valence-corrected chi connectivity index (χ3v) is 1.32. The highest BCUT2D eigenvalue weighted by molar-refractivity contribution is 5.90. The zero-order chi connectivity index (χ0) is 8.97. The lowest BCUT2D eigenvalue weighted by Crippen LogP contribution is -2.24. The number of anilines is 1. The van der Waals surface area contributed by atoms with Crippen molar-refractivity contribution in [2.75, 3.05) is 12.4 Å². The first-order chi connectivity index (χ1) is 5.74. The molecular formula is C8H9N2O2. The molecule has 1 aromatic rings. The number of hydrogen-bond donors (Lipinski definition) is 3. The number of carbonyl (C=O) groups is 1.